The topological polar surface area (TPSA) is 66.4 Å². The van der Waals surface area contributed by atoms with E-state index in [9.17, 15) is 9.18 Å². The van der Waals surface area contributed by atoms with Crippen LogP contribution < -0.4 is 10.1 Å². The molecule has 1 aliphatic rings. The molecule has 1 aromatic carbocycles. The maximum atomic E-state index is 13.0. The molecule has 1 atom stereocenters. The van der Waals surface area contributed by atoms with Gasteiger partial charge >= 0.3 is 0 Å². The average molecular weight is 522 g/mol. The number of carbonyl (C=O) groups is 1. The highest BCUT2D eigenvalue weighted by Crippen LogP contribution is 2.12. The van der Waals surface area contributed by atoms with Crippen molar-refractivity contribution in [1.82, 2.24) is 15.1 Å². The fourth-order valence-electron chi connectivity index (χ4n) is 2.71. The molecule has 1 heterocycles. The van der Waals surface area contributed by atoms with Gasteiger partial charge in [0.15, 0.2) is 5.96 Å². The molecule has 164 valence electrons. The summed E-state index contributed by atoms with van der Waals surface area (Å²) in [4.78, 5) is 19.8. The molecule has 0 radical (unpaired) electrons. The lowest BCUT2D eigenvalue weighted by Gasteiger charge is -2.27. The molecule has 1 N–H and O–H groups in total. The zero-order chi connectivity index (χ0) is 20.4. The number of carbonyl (C=O) groups excluding carboxylic acids is 1. The summed E-state index contributed by atoms with van der Waals surface area (Å²) in [5, 5.41) is 3.31. The van der Waals surface area contributed by atoms with E-state index in [2.05, 4.69) is 10.3 Å². The number of hydrogen-bond acceptors (Lipinski definition) is 4. The van der Waals surface area contributed by atoms with Crippen molar-refractivity contribution in [2.24, 2.45) is 4.99 Å². The van der Waals surface area contributed by atoms with Crippen LogP contribution in [-0.2, 0) is 9.53 Å². The van der Waals surface area contributed by atoms with Crippen LogP contribution in [0, 0.1) is 5.82 Å². The predicted octanol–water partition coefficient (Wildman–Crippen LogP) is 2.36. The third-order valence-corrected chi connectivity index (χ3v) is 4.50. The van der Waals surface area contributed by atoms with Crippen molar-refractivity contribution in [3.8, 4) is 5.75 Å². The number of likely N-dealkylation sites (N-methyl/N-ethyl adjacent to an activating group) is 2. The van der Waals surface area contributed by atoms with E-state index in [-0.39, 0.29) is 48.3 Å². The molecule has 0 saturated carbocycles. The molecule has 1 fully saturated rings. The first-order chi connectivity index (χ1) is 13.5. The van der Waals surface area contributed by atoms with Crippen LogP contribution in [-0.4, -0.2) is 81.8 Å². The van der Waals surface area contributed by atoms with Crippen LogP contribution >= 0.6 is 24.0 Å². The minimum Gasteiger partial charge on any atom is -0.492 e. The zero-order valence-corrected chi connectivity index (χ0v) is 19.7. The Morgan fingerprint density at radius 1 is 1.28 bits per heavy atom. The van der Waals surface area contributed by atoms with E-state index in [1.54, 1.807) is 26.2 Å². The summed E-state index contributed by atoms with van der Waals surface area (Å²) in [5.41, 5.74) is 0. The molecule has 0 aromatic heterocycles. The van der Waals surface area contributed by atoms with E-state index in [1.165, 1.54) is 23.5 Å². The van der Waals surface area contributed by atoms with Crippen LogP contribution in [0.2, 0.25) is 0 Å². The van der Waals surface area contributed by atoms with E-state index in [1.807, 2.05) is 11.9 Å². The van der Waals surface area contributed by atoms with Gasteiger partial charge in [-0.2, -0.15) is 0 Å². The summed E-state index contributed by atoms with van der Waals surface area (Å²) in [5.74, 6) is 0.884. The Morgan fingerprint density at radius 2 is 2.00 bits per heavy atom. The minimum absolute atomic E-state index is 0. The minimum atomic E-state index is -0.293. The molecule has 0 aliphatic carbocycles. The molecule has 1 unspecified atom stereocenters. The molecule has 1 aliphatic heterocycles. The van der Waals surface area contributed by atoms with Crippen molar-refractivity contribution >= 4 is 35.8 Å². The second kappa shape index (κ2) is 13.6. The fourth-order valence-corrected chi connectivity index (χ4v) is 2.71. The normalized spacial score (nSPS) is 16.6. The van der Waals surface area contributed by atoms with Gasteiger partial charge in [0.25, 0.3) is 0 Å². The lowest BCUT2D eigenvalue weighted by Crippen LogP contribution is -2.45. The van der Waals surface area contributed by atoms with Gasteiger partial charge in [0.2, 0.25) is 5.91 Å². The third kappa shape index (κ3) is 9.62. The summed E-state index contributed by atoms with van der Waals surface area (Å²) >= 11 is 0. The first-order valence-corrected chi connectivity index (χ1v) is 9.65. The molecule has 1 saturated heterocycles. The maximum Gasteiger partial charge on any atom is 0.243 e. The number of halogens is 2. The molecule has 29 heavy (non-hydrogen) atoms. The number of nitrogens with one attached hydrogen (secondary N) is 1. The lowest BCUT2D eigenvalue weighted by molar-refractivity contribution is -0.127. The number of nitrogens with zero attached hydrogens (tertiary/aromatic N) is 3. The maximum absolute atomic E-state index is 13.0. The zero-order valence-electron chi connectivity index (χ0n) is 17.4. The smallest absolute Gasteiger partial charge is 0.243 e. The number of aliphatic imine (C=N–C) groups is 1. The van der Waals surface area contributed by atoms with Gasteiger partial charge in [0.1, 0.15) is 24.7 Å². The Labute approximate surface area is 189 Å². The summed E-state index contributed by atoms with van der Waals surface area (Å²) in [6.07, 6.45) is 3.45. The second-order valence-corrected chi connectivity index (χ2v) is 7.02. The molecule has 9 heteroatoms. The molecule has 7 nitrogen and oxygen atoms in total. The van der Waals surface area contributed by atoms with Crippen LogP contribution in [0.15, 0.2) is 29.3 Å². The predicted molar refractivity (Wildman–Crippen MR) is 123 cm³/mol. The summed E-state index contributed by atoms with van der Waals surface area (Å²) in [6, 6.07) is 5.92. The molecule has 1 amide bonds. The highest BCUT2D eigenvalue weighted by molar-refractivity contribution is 14.0. The van der Waals surface area contributed by atoms with E-state index >= 15 is 0 Å². The number of guanidine groups is 1. The van der Waals surface area contributed by atoms with Gasteiger partial charge < -0.3 is 24.6 Å². The highest BCUT2D eigenvalue weighted by atomic mass is 127. The number of rotatable bonds is 8. The Morgan fingerprint density at radius 3 is 2.62 bits per heavy atom. The second-order valence-electron chi connectivity index (χ2n) is 7.02. The Balaban J connectivity index is 0.00000420. The Bertz CT molecular complexity index is 637. The monoisotopic (exact) mass is 522 g/mol. The Hall–Kier alpha value is -1.62. The van der Waals surface area contributed by atoms with E-state index < -0.39 is 0 Å². The van der Waals surface area contributed by atoms with Gasteiger partial charge in [-0.1, -0.05) is 0 Å². The van der Waals surface area contributed by atoms with Crippen molar-refractivity contribution in [2.45, 2.75) is 25.4 Å². The van der Waals surface area contributed by atoms with E-state index in [0.29, 0.717) is 31.4 Å². The van der Waals surface area contributed by atoms with Crippen LogP contribution in [0.4, 0.5) is 4.39 Å². The van der Waals surface area contributed by atoms with E-state index in [4.69, 9.17) is 9.47 Å². The average Bonchev–Trinajstić information content (AvgIpc) is 2.69. The standard InChI is InChI=1S/C20H31FN4O3.HI/c1-24(2)19(26)15-23-20(22-14-18-6-4-5-12-27-18)25(3)11-13-28-17-9-7-16(21)8-10-17;/h7-10,18H,4-6,11-15H2,1-3H3,(H,22,23);1H. The van der Waals surface area contributed by atoms with E-state index in [0.717, 1.165) is 19.4 Å². The van der Waals surface area contributed by atoms with Crippen molar-refractivity contribution in [2.75, 3.05) is 54.0 Å². The summed E-state index contributed by atoms with van der Waals surface area (Å²) < 4.78 is 24.4. The fraction of sp³-hybridized carbons (Fsp3) is 0.600. The SMILES string of the molecule is CN(C)C(=O)CN=C(NCC1CCCCO1)N(C)CCOc1ccc(F)cc1.I. The van der Waals surface area contributed by atoms with Gasteiger partial charge in [0.05, 0.1) is 12.6 Å². The highest BCUT2D eigenvalue weighted by Gasteiger charge is 2.16. The number of benzene rings is 1. The Kier molecular flexibility index (Phi) is 11.9. The van der Waals surface area contributed by atoms with Crippen molar-refractivity contribution < 1.29 is 18.7 Å². The lowest BCUT2D eigenvalue weighted by atomic mass is 10.1. The van der Waals surface area contributed by atoms with Crippen LogP contribution in [0.5, 0.6) is 5.75 Å². The molecule has 0 spiro atoms. The van der Waals surface area contributed by atoms with Crippen molar-refractivity contribution in [1.29, 1.82) is 0 Å². The third-order valence-electron chi connectivity index (χ3n) is 4.50. The van der Waals surface area contributed by atoms with Crippen molar-refractivity contribution in [3.05, 3.63) is 30.1 Å². The summed E-state index contributed by atoms with van der Waals surface area (Å²) in [6.45, 7) is 2.48. The molecular formula is C20H32FIN4O3. The first-order valence-electron chi connectivity index (χ1n) is 9.65. The first kappa shape index (κ1) is 25.4. The van der Waals surface area contributed by atoms with Crippen LogP contribution in [0.3, 0.4) is 0 Å². The molecule has 2 rings (SSSR count). The summed E-state index contributed by atoms with van der Waals surface area (Å²) in [7, 11) is 5.31. The van der Waals surface area contributed by atoms with Gasteiger partial charge in [-0.25, -0.2) is 9.38 Å². The van der Waals surface area contributed by atoms with Crippen LogP contribution in [0.25, 0.3) is 0 Å². The van der Waals surface area contributed by atoms with Crippen LogP contribution in [0.1, 0.15) is 19.3 Å². The number of ether oxygens (including phenoxy) is 2. The van der Waals surface area contributed by atoms with Gasteiger partial charge in [-0.3, -0.25) is 4.79 Å². The molecule has 0 bridgehead atoms. The largest absolute Gasteiger partial charge is 0.492 e. The van der Waals surface area contributed by atoms with Crippen molar-refractivity contribution in [3.63, 3.8) is 0 Å². The number of hydrogen-bond donors (Lipinski definition) is 1. The quantitative estimate of drug-likeness (QED) is 0.323. The van der Waals surface area contributed by atoms with Gasteiger partial charge in [-0.05, 0) is 43.5 Å². The van der Waals surface area contributed by atoms with Gasteiger partial charge in [-0.15, -0.1) is 24.0 Å². The number of amides is 1. The van der Waals surface area contributed by atoms with Gasteiger partial charge in [0, 0.05) is 34.3 Å². The molecule has 1 aromatic rings. The molecular weight excluding hydrogens is 490 g/mol.